The third-order valence-electron chi connectivity index (χ3n) is 9.88. The van der Waals surface area contributed by atoms with Crippen molar-refractivity contribution in [2.45, 2.75) is 95.7 Å². The van der Waals surface area contributed by atoms with Crippen LogP contribution >= 0.6 is 0 Å². The summed E-state index contributed by atoms with van der Waals surface area (Å²) in [5, 5.41) is 32.4. The second kappa shape index (κ2) is 19.5. The number of nitrogens with one attached hydrogen (secondary N) is 1. The Morgan fingerprint density at radius 2 is 1.50 bits per heavy atom. The molecule has 0 bridgehead atoms. The Morgan fingerprint density at radius 1 is 0.808 bits per heavy atom. The molecule has 9 nitrogen and oxygen atoms in total. The zero-order chi connectivity index (χ0) is 36.9. The molecule has 276 valence electrons. The fourth-order valence-corrected chi connectivity index (χ4v) is 6.59. The number of benzene rings is 4. The van der Waals surface area contributed by atoms with Crippen LogP contribution in [0.1, 0.15) is 98.2 Å². The number of nitrogens with zero attached hydrogens (tertiary/aromatic N) is 1. The number of ether oxygens (including phenoxy) is 2. The lowest BCUT2D eigenvalue weighted by Gasteiger charge is -2.39. The molecule has 0 spiro atoms. The summed E-state index contributed by atoms with van der Waals surface area (Å²) < 4.78 is 13.2. The highest BCUT2D eigenvalue weighted by atomic mass is 16.7. The number of aliphatic carboxylic acids is 1. The number of aliphatic hydroxyl groups excluding tert-OH is 2. The Balaban J connectivity index is 1.22. The van der Waals surface area contributed by atoms with Crippen LogP contribution in [0.15, 0.2) is 103 Å². The maximum atomic E-state index is 12.4. The number of carboxylic acid groups (broad SMARTS) is 1. The summed E-state index contributed by atoms with van der Waals surface area (Å²) in [7, 11) is 2.01. The lowest BCUT2D eigenvalue weighted by Crippen LogP contribution is -2.43. The van der Waals surface area contributed by atoms with E-state index in [1.165, 1.54) is 0 Å². The Hall–Kier alpha value is -4.38. The second-order valence-electron chi connectivity index (χ2n) is 13.8. The predicted molar refractivity (Wildman–Crippen MR) is 201 cm³/mol. The van der Waals surface area contributed by atoms with Crippen molar-refractivity contribution in [2.24, 2.45) is 0 Å². The Kier molecular flexibility index (Phi) is 14.5. The van der Waals surface area contributed by atoms with E-state index in [1.54, 1.807) is 0 Å². The van der Waals surface area contributed by atoms with Gasteiger partial charge in [-0.15, -0.1) is 0 Å². The van der Waals surface area contributed by atoms with Gasteiger partial charge < -0.3 is 30.1 Å². The number of hydrogen-bond donors (Lipinski definition) is 4. The Morgan fingerprint density at radius 3 is 2.19 bits per heavy atom. The molecule has 0 unspecified atom stereocenters. The van der Waals surface area contributed by atoms with Crippen molar-refractivity contribution in [3.8, 4) is 11.1 Å². The minimum absolute atomic E-state index is 0.00514. The molecule has 1 fully saturated rings. The van der Waals surface area contributed by atoms with Crippen LogP contribution in [0.5, 0.6) is 0 Å². The van der Waals surface area contributed by atoms with Gasteiger partial charge in [-0.1, -0.05) is 110 Å². The van der Waals surface area contributed by atoms with E-state index in [9.17, 15) is 19.8 Å². The van der Waals surface area contributed by atoms with Crippen LogP contribution in [0.2, 0.25) is 0 Å². The topological polar surface area (TPSA) is 129 Å². The zero-order valence-corrected chi connectivity index (χ0v) is 30.2. The molecule has 1 heterocycles. The molecule has 4 aromatic carbocycles. The van der Waals surface area contributed by atoms with E-state index in [4.69, 9.17) is 14.6 Å². The smallest absolute Gasteiger partial charge is 0.303 e. The van der Waals surface area contributed by atoms with E-state index in [-0.39, 0.29) is 37.2 Å². The molecule has 1 aliphatic rings. The highest BCUT2D eigenvalue weighted by molar-refractivity contribution is 5.76. The summed E-state index contributed by atoms with van der Waals surface area (Å²) in [5.74, 6) is -0.784. The summed E-state index contributed by atoms with van der Waals surface area (Å²) in [5.41, 5.74) is 6.71. The number of amides is 1. The van der Waals surface area contributed by atoms with Gasteiger partial charge in [-0.3, -0.25) is 14.5 Å². The molecule has 5 atom stereocenters. The average Bonchev–Trinajstić information content (AvgIpc) is 3.18. The van der Waals surface area contributed by atoms with E-state index >= 15 is 0 Å². The lowest BCUT2D eigenvalue weighted by atomic mass is 9.98. The van der Waals surface area contributed by atoms with Crippen LogP contribution in [-0.2, 0) is 32.2 Å². The van der Waals surface area contributed by atoms with Gasteiger partial charge in [-0.2, -0.15) is 0 Å². The number of carbonyl (C=O) groups excluding carboxylic acids is 1. The summed E-state index contributed by atoms with van der Waals surface area (Å²) in [4.78, 5) is 25.2. The molecule has 5 rings (SSSR count). The molecule has 0 aliphatic carbocycles. The van der Waals surface area contributed by atoms with Crippen molar-refractivity contribution in [1.29, 1.82) is 0 Å². The number of hydrogen-bond acceptors (Lipinski definition) is 7. The van der Waals surface area contributed by atoms with Crippen LogP contribution in [0.4, 0.5) is 0 Å². The van der Waals surface area contributed by atoms with Gasteiger partial charge in [0.1, 0.15) is 0 Å². The number of rotatable bonds is 18. The number of carboxylic acids is 1. The molecule has 0 radical (unpaired) electrons. The zero-order valence-electron chi connectivity index (χ0n) is 30.2. The first kappa shape index (κ1) is 38.8. The highest BCUT2D eigenvalue weighted by Crippen LogP contribution is 2.39. The van der Waals surface area contributed by atoms with Crippen molar-refractivity contribution >= 4 is 11.9 Å². The van der Waals surface area contributed by atoms with E-state index in [0.29, 0.717) is 32.4 Å². The highest BCUT2D eigenvalue weighted by Gasteiger charge is 2.34. The van der Waals surface area contributed by atoms with Gasteiger partial charge in [0.2, 0.25) is 5.91 Å². The first-order chi connectivity index (χ1) is 25.2. The summed E-state index contributed by atoms with van der Waals surface area (Å²) in [6, 6.07) is 33.7. The minimum Gasteiger partial charge on any atom is -0.481 e. The SMILES string of the molecule is C[C@@H]([C@H](O)c1ccccc1)N(C)C[C@@H]1C[C@H](c2ccc(CO)cc2)O[C@H](c2ccc(-c3cccc(CNC(=O)CCCCCCC(=O)O)c3)cc2)O1. The summed E-state index contributed by atoms with van der Waals surface area (Å²) in [6.45, 7) is 3.04. The lowest BCUT2D eigenvalue weighted by molar-refractivity contribution is -0.253. The fourth-order valence-electron chi connectivity index (χ4n) is 6.59. The molecule has 52 heavy (non-hydrogen) atoms. The van der Waals surface area contributed by atoms with Crippen LogP contribution in [0, 0.1) is 0 Å². The molecule has 9 heteroatoms. The fraction of sp³-hybridized carbons (Fsp3) is 0.395. The van der Waals surface area contributed by atoms with Crippen LogP contribution < -0.4 is 5.32 Å². The van der Waals surface area contributed by atoms with Crippen LogP contribution in [0.3, 0.4) is 0 Å². The van der Waals surface area contributed by atoms with Crippen molar-refractivity contribution in [3.05, 3.63) is 131 Å². The molecule has 1 saturated heterocycles. The molecular weight excluding hydrogens is 656 g/mol. The summed E-state index contributed by atoms with van der Waals surface area (Å²) in [6.07, 6.45) is 2.67. The summed E-state index contributed by atoms with van der Waals surface area (Å²) >= 11 is 0. The molecular formula is C43H52N2O7. The maximum Gasteiger partial charge on any atom is 0.303 e. The van der Waals surface area contributed by atoms with Gasteiger partial charge in [0.15, 0.2) is 6.29 Å². The van der Waals surface area contributed by atoms with Gasteiger partial charge in [-0.25, -0.2) is 0 Å². The third-order valence-corrected chi connectivity index (χ3v) is 9.88. The van der Waals surface area contributed by atoms with Crippen molar-refractivity contribution in [2.75, 3.05) is 13.6 Å². The van der Waals surface area contributed by atoms with Crippen LogP contribution in [-0.4, -0.2) is 57.8 Å². The monoisotopic (exact) mass is 708 g/mol. The van der Waals surface area contributed by atoms with E-state index in [2.05, 4.69) is 28.4 Å². The molecule has 1 amide bonds. The first-order valence-electron chi connectivity index (χ1n) is 18.3. The number of likely N-dealkylation sites (N-methyl/N-ethyl adjacent to an activating group) is 1. The predicted octanol–water partition coefficient (Wildman–Crippen LogP) is 7.49. The van der Waals surface area contributed by atoms with E-state index in [0.717, 1.165) is 58.2 Å². The van der Waals surface area contributed by atoms with Crippen LogP contribution in [0.25, 0.3) is 11.1 Å². The molecule has 4 aromatic rings. The molecule has 0 aromatic heterocycles. The normalized spacial score (nSPS) is 18.5. The number of unbranched alkanes of at least 4 members (excludes halogenated alkanes) is 3. The largest absolute Gasteiger partial charge is 0.481 e. The van der Waals surface area contributed by atoms with E-state index in [1.807, 2.05) is 98.9 Å². The van der Waals surface area contributed by atoms with E-state index < -0.39 is 18.4 Å². The second-order valence-corrected chi connectivity index (χ2v) is 13.8. The molecule has 1 aliphatic heterocycles. The van der Waals surface area contributed by atoms with Crippen molar-refractivity contribution < 1.29 is 34.4 Å². The number of aliphatic hydroxyl groups is 2. The first-order valence-corrected chi connectivity index (χ1v) is 18.3. The van der Waals surface area contributed by atoms with Gasteiger partial charge >= 0.3 is 5.97 Å². The quantitative estimate of drug-likeness (QED) is 0.0784. The number of carbonyl (C=O) groups is 2. The van der Waals surface area contributed by atoms with Gasteiger partial charge in [-0.05, 0) is 66.3 Å². The van der Waals surface area contributed by atoms with Gasteiger partial charge in [0.05, 0.1) is 24.9 Å². The van der Waals surface area contributed by atoms with Crippen molar-refractivity contribution in [1.82, 2.24) is 10.2 Å². The third kappa shape index (κ3) is 11.3. The molecule has 0 saturated carbocycles. The Bertz CT molecular complexity index is 1700. The van der Waals surface area contributed by atoms with Gasteiger partial charge in [0.25, 0.3) is 0 Å². The minimum atomic E-state index is -0.778. The van der Waals surface area contributed by atoms with Gasteiger partial charge in [0, 0.05) is 44.0 Å². The Labute approximate surface area is 307 Å². The molecule has 4 N–H and O–H groups in total. The average molecular weight is 709 g/mol. The standard InChI is InChI=1S/C43H52N2O7/c1-30(42(50)35-12-6-5-7-13-35)45(2)28-38-26-39(34-19-17-31(29-46)18-20-34)52-43(51-38)36-23-21-33(22-24-36)37-14-10-11-32(25-37)27-44-40(47)15-8-3-4-9-16-41(48)49/h5-7,10-14,17-25,30,38-39,42-43,46,50H,3-4,8-9,15-16,26-29H2,1-2H3,(H,44,47)(H,48,49)/t30-,38-,39+,42-,43+/m0/s1. The van der Waals surface area contributed by atoms with Crippen molar-refractivity contribution in [3.63, 3.8) is 0 Å². The maximum absolute atomic E-state index is 12.4.